The number of nitrogens with one attached hydrogen (secondary N) is 1. The minimum Gasteiger partial charge on any atom is -0.394 e. The van der Waals surface area contributed by atoms with Crippen molar-refractivity contribution < 1.29 is 89.4 Å². The third-order valence-corrected chi connectivity index (χ3v) is 18.1. The summed E-state index contributed by atoms with van der Waals surface area (Å²) in [6, 6.07) is -0.921. The summed E-state index contributed by atoms with van der Waals surface area (Å²) < 4.78 is 34.4. The Kier molecular flexibility index (Phi) is 49.6. The number of hydrogen-bond acceptors (Lipinski definition) is 18. The fraction of sp³-hybridized carbons (Fsp3) is 0.849. The molecular formula is C73H131NO18. The predicted octanol–water partition coefficient (Wildman–Crippen LogP) is 10.3. The highest BCUT2D eigenvalue weighted by atomic mass is 16.8. The van der Waals surface area contributed by atoms with E-state index >= 15 is 0 Å². The molecule has 12 N–H and O–H groups in total. The van der Waals surface area contributed by atoms with Gasteiger partial charge < -0.3 is 89.9 Å². The Balaban J connectivity index is 1.40. The van der Waals surface area contributed by atoms with Crippen molar-refractivity contribution in [2.24, 2.45) is 0 Å². The van der Waals surface area contributed by atoms with Crippen molar-refractivity contribution >= 4 is 5.91 Å². The van der Waals surface area contributed by atoms with Crippen LogP contribution in [-0.2, 0) is 33.2 Å². The maximum Gasteiger partial charge on any atom is 0.220 e. The first-order valence-corrected chi connectivity index (χ1v) is 36.5. The fourth-order valence-corrected chi connectivity index (χ4v) is 12.2. The van der Waals surface area contributed by atoms with Gasteiger partial charge in [-0.25, -0.2) is 0 Å². The molecule has 0 radical (unpaired) electrons. The molecular weight excluding hydrogens is 1180 g/mol. The third kappa shape index (κ3) is 35.7. The van der Waals surface area contributed by atoms with Crippen molar-refractivity contribution in [3.8, 4) is 0 Å². The van der Waals surface area contributed by atoms with Crippen molar-refractivity contribution in [1.29, 1.82) is 0 Å². The normalized spacial score (nSPS) is 28.0. The van der Waals surface area contributed by atoms with Crippen molar-refractivity contribution in [2.45, 2.75) is 369 Å². The lowest BCUT2D eigenvalue weighted by molar-refractivity contribution is -0.379. The minimum atomic E-state index is -1.98. The number of carbonyl (C=O) groups excluding carboxylic acids is 1. The second kappa shape index (κ2) is 54.5. The molecule has 3 fully saturated rings. The average Bonchev–Trinajstić information content (AvgIpc) is 0.838. The Labute approximate surface area is 554 Å². The number of allylic oxidation sites excluding steroid dienone is 10. The van der Waals surface area contributed by atoms with Crippen LogP contribution in [0, 0.1) is 0 Å². The SMILES string of the molecule is CC/C=C\C/C=C\C/C=C\C/C=C\C/C=C\CCCC(=O)NC(COC1OC(CO)C(OC2OC(CO)C(OC3OC(CO)C(O)C(O)C3O)C(O)C2O)C(O)C1O)C(O)CCCCCCCCCCCCCCCCCCCCCCCCCCCCCCCC. The smallest absolute Gasteiger partial charge is 0.220 e. The molecule has 0 aromatic heterocycles. The summed E-state index contributed by atoms with van der Waals surface area (Å²) in [7, 11) is 0. The molecule has 0 saturated carbocycles. The second-order valence-electron chi connectivity index (χ2n) is 26.0. The minimum absolute atomic E-state index is 0.186. The molecule has 92 heavy (non-hydrogen) atoms. The zero-order valence-corrected chi connectivity index (χ0v) is 56.8. The van der Waals surface area contributed by atoms with E-state index in [9.17, 15) is 61.0 Å². The topological polar surface area (TPSA) is 307 Å². The van der Waals surface area contributed by atoms with Crippen LogP contribution in [0.4, 0.5) is 0 Å². The number of aliphatic hydroxyl groups is 11. The van der Waals surface area contributed by atoms with E-state index in [2.05, 4.69) is 73.8 Å². The molecule has 3 aliphatic rings. The van der Waals surface area contributed by atoms with Crippen molar-refractivity contribution in [2.75, 3.05) is 26.4 Å². The van der Waals surface area contributed by atoms with E-state index in [4.69, 9.17) is 28.4 Å². The highest BCUT2D eigenvalue weighted by Crippen LogP contribution is 2.33. The van der Waals surface area contributed by atoms with E-state index in [0.717, 1.165) is 51.4 Å². The summed E-state index contributed by atoms with van der Waals surface area (Å²) in [6.45, 7) is 1.66. The predicted molar refractivity (Wildman–Crippen MR) is 360 cm³/mol. The number of aliphatic hydroxyl groups excluding tert-OH is 11. The van der Waals surface area contributed by atoms with E-state index in [1.165, 1.54) is 167 Å². The van der Waals surface area contributed by atoms with Crippen LogP contribution in [0.25, 0.3) is 0 Å². The summed E-state index contributed by atoms with van der Waals surface area (Å²) in [6.07, 6.45) is 40.4. The number of unbranched alkanes of at least 4 members (excludes halogenated alkanes) is 30. The standard InChI is InChI=1S/C73H131NO18/c1-3-5-7-9-11-13-15-17-19-21-22-23-24-25-26-27-28-29-30-31-32-33-35-36-38-40-42-44-46-48-50-57(78)56(74-61(79)51-49-47-45-43-41-39-37-34-20-18-16-14-12-10-8-6-4-2)55-87-71-67(85)64(82)69(59(53-76)89-71)92-73-68(86)65(83)70(60(54-77)90-73)91-72-66(84)63(81)62(80)58(52-75)88-72/h6,8,12,14,18,20,37,39,43,45,56-60,62-73,75-78,80-86H,3-5,7,9-11,13,15-17,19,21-36,38,40-42,44,46-55H2,1-2H3,(H,74,79)/b8-6-,14-12-,20-18-,39-37-,45-43-. The lowest BCUT2D eigenvalue weighted by atomic mass is 9.96. The zero-order chi connectivity index (χ0) is 66.8. The van der Waals surface area contributed by atoms with Gasteiger partial charge in [-0.2, -0.15) is 0 Å². The Hall–Kier alpha value is -2.51. The van der Waals surface area contributed by atoms with Crippen LogP contribution in [0.2, 0.25) is 0 Å². The first kappa shape index (κ1) is 83.7. The summed E-state index contributed by atoms with van der Waals surface area (Å²) in [5.41, 5.74) is 0. The molecule has 17 unspecified atom stereocenters. The van der Waals surface area contributed by atoms with Gasteiger partial charge in [0.25, 0.3) is 0 Å². The lowest BCUT2D eigenvalue weighted by Crippen LogP contribution is -2.66. The Morgan fingerprint density at radius 3 is 1.13 bits per heavy atom. The van der Waals surface area contributed by atoms with E-state index in [-0.39, 0.29) is 18.9 Å². The molecule has 3 heterocycles. The summed E-state index contributed by atoms with van der Waals surface area (Å²) in [5.74, 6) is -0.298. The molecule has 0 bridgehead atoms. The number of hydrogen-bond donors (Lipinski definition) is 12. The van der Waals surface area contributed by atoms with Gasteiger partial charge in [0.1, 0.15) is 73.2 Å². The Morgan fingerprint density at radius 2 is 0.739 bits per heavy atom. The molecule has 3 saturated heterocycles. The van der Waals surface area contributed by atoms with E-state index in [1.807, 2.05) is 6.08 Å². The van der Waals surface area contributed by atoms with Gasteiger partial charge in [-0.15, -0.1) is 0 Å². The first-order chi connectivity index (χ1) is 44.8. The average molecular weight is 1310 g/mol. The molecule has 17 atom stereocenters. The number of amides is 1. The van der Waals surface area contributed by atoms with E-state index in [1.54, 1.807) is 0 Å². The van der Waals surface area contributed by atoms with Crippen LogP contribution < -0.4 is 5.32 Å². The highest BCUT2D eigenvalue weighted by Gasteiger charge is 2.53. The van der Waals surface area contributed by atoms with Gasteiger partial charge in [-0.1, -0.05) is 267 Å². The number of rotatable bonds is 56. The maximum absolute atomic E-state index is 13.4. The largest absolute Gasteiger partial charge is 0.394 e. The molecule has 19 heteroatoms. The van der Waals surface area contributed by atoms with Crippen LogP contribution in [0.15, 0.2) is 60.8 Å². The summed E-state index contributed by atoms with van der Waals surface area (Å²) in [5, 5.41) is 121. The molecule has 0 aliphatic carbocycles. The highest BCUT2D eigenvalue weighted by molar-refractivity contribution is 5.76. The second-order valence-corrected chi connectivity index (χ2v) is 26.0. The fourth-order valence-electron chi connectivity index (χ4n) is 12.2. The van der Waals surface area contributed by atoms with Gasteiger partial charge in [0, 0.05) is 6.42 Å². The van der Waals surface area contributed by atoms with Crippen molar-refractivity contribution in [1.82, 2.24) is 5.32 Å². The molecule has 0 aromatic carbocycles. The maximum atomic E-state index is 13.4. The van der Waals surface area contributed by atoms with Crippen LogP contribution in [0.3, 0.4) is 0 Å². The molecule has 0 spiro atoms. The molecule has 3 aliphatic heterocycles. The number of ether oxygens (including phenoxy) is 6. The molecule has 536 valence electrons. The molecule has 0 aromatic rings. The molecule has 3 rings (SSSR count). The Morgan fingerprint density at radius 1 is 0.402 bits per heavy atom. The van der Waals surface area contributed by atoms with E-state index in [0.29, 0.717) is 25.7 Å². The quantitative estimate of drug-likeness (QED) is 0.0199. The van der Waals surface area contributed by atoms with Gasteiger partial charge >= 0.3 is 0 Å². The van der Waals surface area contributed by atoms with Crippen molar-refractivity contribution in [3.05, 3.63) is 60.8 Å². The lowest BCUT2D eigenvalue weighted by Gasteiger charge is -2.48. The summed E-state index contributed by atoms with van der Waals surface area (Å²) >= 11 is 0. The van der Waals surface area contributed by atoms with Gasteiger partial charge in [-0.05, 0) is 51.4 Å². The van der Waals surface area contributed by atoms with Crippen LogP contribution >= 0.6 is 0 Å². The van der Waals surface area contributed by atoms with Crippen LogP contribution in [0.5, 0.6) is 0 Å². The van der Waals surface area contributed by atoms with Gasteiger partial charge in [0.15, 0.2) is 18.9 Å². The number of carbonyl (C=O) groups is 1. The van der Waals surface area contributed by atoms with Gasteiger partial charge in [-0.3, -0.25) is 4.79 Å². The molecule has 1 amide bonds. The van der Waals surface area contributed by atoms with Gasteiger partial charge in [0.2, 0.25) is 5.91 Å². The Bertz CT molecular complexity index is 1900. The molecule has 19 nitrogen and oxygen atoms in total. The summed E-state index contributed by atoms with van der Waals surface area (Å²) in [4.78, 5) is 13.4. The van der Waals surface area contributed by atoms with Crippen molar-refractivity contribution in [3.63, 3.8) is 0 Å². The van der Waals surface area contributed by atoms with Crippen LogP contribution in [-0.4, -0.2) is 193 Å². The van der Waals surface area contributed by atoms with Crippen LogP contribution in [0.1, 0.15) is 264 Å². The first-order valence-electron chi connectivity index (χ1n) is 36.5. The zero-order valence-electron chi connectivity index (χ0n) is 56.8. The monoisotopic (exact) mass is 1310 g/mol. The van der Waals surface area contributed by atoms with E-state index < -0.39 is 124 Å². The third-order valence-electron chi connectivity index (χ3n) is 18.1. The van der Waals surface area contributed by atoms with Gasteiger partial charge in [0.05, 0.1) is 38.6 Å².